The van der Waals surface area contributed by atoms with Crippen LogP contribution in [-0.4, -0.2) is 36.6 Å². The van der Waals surface area contributed by atoms with Gasteiger partial charge in [-0.1, -0.05) is 24.3 Å². The number of nitrogens with one attached hydrogen (secondary N) is 2. The van der Waals surface area contributed by atoms with Gasteiger partial charge in [0.1, 0.15) is 18.2 Å². The number of fused-ring (bicyclic) bond motifs is 1. The number of para-hydroxylation sites is 1. The number of methoxy groups -OCH3 is 1. The fraction of sp³-hybridized carbons (Fsp3) is 0.261. The molecule has 0 aliphatic heterocycles. The highest BCUT2D eigenvalue weighted by atomic mass is 32.1. The monoisotopic (exact) mass is 436 g/mol. The topological polar surface area (TPSA) is 96.2 Å². The van der Waals surface area contributed by atoms with E-state index >= 15 is 0 Å². The molecule has 2 heterocycles. The molecular weight excluding hydrogens is 412 g/mol. The standard InChI is InChI=1S/C23H24N4O3S/c1-30-10-5-9-25-22(28)16-27-15-18(20-7-2-3-8-21(20)27)12-17(13-24)23(29)26-14-19-6-4-11-31-19/h2-4,6-8,11-12,15H,5,9-10,14,16H2,1H3,(H,25,28)(H,26,29)/b17-12+. The molecule has 8 heteroatoms. The number of hydrogen-bond acceptors (Lipinski definition) is 5. The molecule has 3 aromatic rings. The number of benzene rings is 1. The van der Waals surface area contributed by atoms with Crippen LogP contribution < -0.4 is 10.6 Å². The van der Waals surface area contributed by atoms with E-state index < -0.39 is 5.91 Å². The van der Waals surface area contributed by atoms with Gasteiger partial charge in [-0.15, -0.1) is 11.3 Å². The van der Waals surface area contributed by atoms with Crippen LogP contribution in [0.5, 0.6) is 0 Å². The van der Waals surface area contributed by atoms with Crippen molar-refractivity contribution in [3.8, 4) is 6.07 Å². The van der Waals surface area contributed by atoms with E-state index in [1.165, 1.54) is 0 Å². The molecule has 2 N–H and O–H groups in total. The van der Waals surface area contributed by atoms with Gasteiger partial charge in [0.25, 0.3) is 5.91 Å². The van der Waals surface area contributed by atoms with Crippen molar-refractivity contribution in [2.24, 2.45) is 0 Å². The van der Waals surface area contributed by atoms with Gasteiger partial charge in [0.2, 0.25) is 5.91 Å². The maximum atomic E-state index is 12.5. The number of nitrogens with zero attached hydrogens (tertiary/aromatic N) is 2. The average Bonchev–Trinajstić information content (AvgIpc) is 3.42. The van der Waals surface area contributed by atoms with Crippen molar-refractivity contribution in [1.29, 1.82) is 5.26 Å². The molecule has 0 spiro atoms. The summed E-state index contributed by atoms with van der Waals surface area (Å²) >= 11 is 1.54. The molecule has 0 radical (unpaired) electrons. The third-order valence-corrected chi connectivity index (χ3v) is 5.53. The van der Waals surface area contributed by atoms with Crippen molar-refractivity contribution >= 4 is 40.1 Å². The van der Waals surface area contributed by atoms with Crippen LogP contribution in [0.15, 0.2) is 53.5 Å². The largest absolute Gasteiger partial charge is 0.385 e. The first kappa shape index (κ1) is 22.3. The highest BCUT2D eigenvalue weighted by Gasteiger charge is 2.14. The van der Waals surface area contributed by atoms with Crippen LogP contribution in [0.4, 0.5) is 0 Å². The summed E-state index contributed by atoms with van der Waals surface area (Å²) in [4.78, 5) is 25.8. The van der Waals surface area contributed by atoms with Crippen molar-refractivity contribution in [2.75, 3.05) is 20.3 Å². The maximum absolute atomic E-state index is 12.5. The summed E-state index contributed by atoms with van der Waals surface area (Å²) in [6.45, 7) is 1.66. The predicted molar refractivity (Wildman–Crippen MR) is 121 cm³/mol. The minimum Gasteiger partial charge on any atom is -0.385 e. The molecule has 0 aliphatic rings. The van der Waals surface area contributed by atoms with Crippen LogP contribution in [0, 0.1) is 11.3 Å². The fourth-order valence-corrected chi connectivity index (χ4v) is 3.80. The number of ether oxygens (including phenoxy) is 1. The summed E-state index contributed by atoms with van der Waals surface area (Å²) in [5.41, 5.74) is 1.59. The number of nitriles is 1. The first-order valence-electron chi connectivity index (χ1n) is 9.88. The number of rotatable bonds is 10. The van der Waals surface area contributed by atoms with Gasteiger partial charge in [-0.2, -0.15) is 5.26 Å². The zero-order valence-electron chi connectivity index (χ0n) is 17.3. The summed E-state index contributed by atoms with van der Waals surface area (Å²) in [5.74, 6) is -0.537. The van der Waals surface area contributed by atoms with Gasteiger partial charge in [-0.25, -0.2) is 0 Å². The van der Waals surface area contributed by atoms with Crippen LogP contribution in [-0.2, 0) is 27.4 Å². The van der Waals surface area contributed by atoms with E-state index in [4.69, 9.17) is 4.74 Å². The molecule has 31 heavy (non-hydrogen) atoms. The Morgan fingerprint density at radius 2 is 2.06 bits per heavy atom. The quantitative estimate of drug-likeness (QED) is 0.290. The Balaban J connectivity index is 1.77. The highest BCUT2D eigenvalue weighted by Crippen LogP contribution is 2.23. The summed E-state index contributed by atoms with van der Waals surface area (Å²) in [6, 6.07) is 13.4. The predicted octanol–water partition coefficient (Wildman–Crippen LogP) is 3.08. The van der Waals surface area contributed by atoms with Crippen molar-refractivity contribution in [3.63, 3.8) is 0 Å². The zero-order valence-corrected chi connectivity index (χ0v) is 18.1. The van der Waals surface area contributed by atoms with Crippen LogP contribution in [0.3, 0.4) is 0 Å². The third kappa shape index (κ3) is 6.04. The van der Waals surface area contributed by atoms with Gasteiger partial charge in [-0.05, 0) is 30.0 Å². The molecule has 1 aromatic carbocycles. The minimum atomic E-state index is -0.427. The number of amides is 2. The van der Waals surface area contributed by atoms with Crippen molar-refractivity contribution in [1.82, 2.24) is 15.2 Å². The minimum absolute atomic E-state index is 0.0171. The zero-order chi connectivity index (χ0) is 22.1. The second kappa shape index (κ2) is 11.1. The van der Waals surface area contributed by atoms with Crippen LogP contribution in [0.1, 0.15) is 16.9 Å². The molecule has 0 unspecified atom stereocenters. The van der Waals surface area contributed by atoms with E-state index in [1.807, 2.05) is 52.4 Å². The Hall–Kier alpha value is -3.41. The van der Waals surface area contributed by atoms with Crippen molar-refractivity contribution in [2.45, 2.75) is 19.5 Å². The second-order valence-corrected chi connectivity index (χ2v) is 7.89. The lowest BCUT2D eigenvalue weighted by atomic mass is 10.1. The van der Waals surface area contributed by atoms with E-state index in [2.05, 4.69) is 10.6 Å². The third-order valence-electron chi connectivity index (χ3n) is 4.65. The van der Waals surface area contributed by atoms with Gasteiger partial charge < -0.3 is 19.9 Å². The molecule has 2 aromatic heterocycles. The first-order chi connectivity index (χ1) is 15.1. The van der Waals surface area contributed by atoms with Crippen LogP contribution in [0.25, 0.3) is 17.0 Å². The van der Waals surface area contributed by atoms with Gasteiger partial charge in [0.15, 0.2) is 0 Å². The number of carbonyl (C=O) groups excluding carboxylic acids is 2. The molecule has 0 bridgehead atoms. The smallest absolute Gasteiger partial charge is 0.262 e. The summed E-state index contributed by atoms with van der Waals surface area (Å²) in [6.07, 6.45) is 4.11. The van der Waals surface area contributed by atoms with E-state index in [0.717, 1.165) is 22.2 Å². The van der Waals surface area contributed by atoms with E-state index in [9.17, 15) is 14.9 Å². The molecule has 2 amide bonds. The first-order valence-corrected chi connectivity index (χ1v) is 10.8. The summed E-state index contributed by atoms with van der Waals surface area (Å²) in [7, 11) is 1.63. The number of thiophene rings is 1. The van der Waals surface area contributed by atoms with E-state index in [-0.39, 0.29) is 18.0 Å². The van der Waals surface area contributed by atoms with Gasteiger partial charge in [0, 0.05) is 47.8 Å². The number of carbonyl (C=O) groups is 2. The second-order valence-electron chi connectivity index (χ2n) is 6.86. The molecule has 0 fully saturated rings. The lowest BCUT2D eigenvalue weighted by Gasteiger charge is -2.07. The number of hydrogen-bond donors (Lipinski definition) is 2. The molecule has 0 saturated carbocycles. The molecule has 3 rings (SSSR count). The van der Waals surface area contributed by atoms with E-state index in [1.54, 1.807) is 30.7 Å². The van der Waals surface area contributed by atoms with Crippen molar-refractivity contribution in [3.05, 3.63) is 64.0 Å². The fourth-order valence-electron chi connectivity index (χ4n) is 3.16. The Bertz CT molecular complexity index is 1110. The Morgan fingerprint density at radius 1 is 1.23 bits per heavy atom. The Morgan fingerprint density at radius 3 is 2.81 bits per heavy atom. The van der Waals surface area contributed by atoms with Gasteiger partial charge >= 0.3 is 0 Å². The van der Waals surface area contributed by atoms with Crippen LogP contribution in [0.2, 0.25) is 0 Å². The summed E-state index contributed by atoms with van der Waals surface area (Å²) < 4.78 is 6.81. The summed E-state index contributed by atoms with van der Waals surface area (Å²) in [5, 5.41) is 18.0. The van der Waals surface area contributed by atoms with Crippen molar-refractivity contribution < 1.29 is 14.3 Å². The Labute approximate surface area is 184 Å². The lowest BCUT2D eigenvalue weighted by molar-refractivity contribution is -0.121. The lowest BCUT2D eigenvalue weighted by Crippen LogP contribution is -2.28. The molecule has 0 saturated heterocycles. The van der Waals surface area contributed by atoms with E-state index in [0.29, 0.717) is 25.3 Å². The maximum Gasteiger partial charge on any atom is 0.262 e. The molecule has 0 atom stereocenters. The molecule has 7 nitrogen and oxygen atoms in total. The molecule has 160 valence electrons. The molecule has 0 aliphatic carbocycles. The highest BCUT2D eigenvalue weighted by molar-refractivity contribution is 7.09. The normalized spacial score (nSPS) is 11.3. The van der Waals surface area contributed by atoms with Crippen LogP contribution >= 0.6 is 11.3 Å². The van der Waals surface area contributed by atoms with Gasteiger partial charge in [-0.3, -0.25) is 9.59 Å². The average molecular weight is 437 g/mol. The number of aromatic nitrogens is 1. The molecular formula is C23H24N4O3S. The van der Waals surface area contributed by atoms with Gasteiger partial charge in [0.05, 0.1) is 6.54 Å². The SMILES string of the molecule is COCCCNC(=O)Cn1cc(/C=C(\C#N)C(=O)NCc2cccs2)c2ccccc21. The Kier molecular flexibility index (Phi) is 7.98.